The van der Waals surface area contributed by atoms with Crippen LogP contribution in [0.15, 0.2) is 43.0 Å². The highest BCUT2D eigenvalue weighted by Crippen LogP contribution is 2.14. The maximum atomic E-state index is 12.1. The van der Waals surface area contributed by atoms with E-state index in [1.165, 1.54) is 0 Å². The lowest BCUT2D eigenvalue weighted by Gasteiger charge is -2.12. The molecule has 1 atom stereocenters. The van der Waals surface area contributed by atoms with E-state index in [1.54, 1.807) is 37.3 Å². The first-order valence-electron chi connectivity index (χ1n) is 5.57. The minimum Gasteiger partial charge on any atom is -0.465 e. The molecule has 0 bridgehead atoms. The molecule has 17 heavy (non-hydrogen) atoms. The molecule has 0 unspecified atom stereocenters. The van der Waals surface area contributed by atoms with Gasteiger partial charge in [0.1, 0.15) is 5.92 Å². The molecule has 0 heterocycles. The van der Waals surface area contributed by atoms with Crippen molar-refractivity contribution < 1.29 is 14.3 Å². The van der Waals surface area contributed by atoms with Crippen LogP contribution in [0.1, 0.15) is 23.7 Å². The number of hydrogen-bond acceptors (Lipinski definition) is 3. The average Bonchev–Trinajstić information content (AvgIpc) is 2.36. The summed E-state index contributed by atoms with van der Waals surface area (Å²) in [5, 5.41) is 0. The Morgan fingerprint density at radius 3 is 2.53 bits per heavy atom. The highest BCUT2D eigenvalue weighted by Gasteiger charge is 2.27. The fraction of sp³-hybridized carbons (Fsp3) is 0.286. The summed E-state index contributed by atoms with van der Waals surface area (Å²) in [5.74, 6) is -1.49. The smallest absolute Gasteiger partial charge is 0.317 e. The van der Waals surface area contributed by atoms with Gasteiger partial charge in [0.2, 0.25) is 0 Å². The summed E-state index contributed by atoms with van der Waals surface area (Å²) < 4.78 is 4.89. The largest absolute Gasteiger partial charge is 0.465 e. The van der Waals surface area contributed by atoms with E-state index in [4.69, 9.17) is 4.74 Å². The fourth-order valence-corrected chi connectivity index (χ4v) is 1.52. The van der Waals surface area contributed by atoms with Gasteiger partial charge in [-0.2, -0.15) is 0 Å². The van der Waals surface area contributed by atoms with Crippen molar-refractivity contribution in [1.82, 2.24) is 0 Å². The van der Waals surface area contributed by atoms with Crippen molar-refractivity contribution in [2.75, 3.05) is 6.61 Å². The Kier molecular flexibility index (Phi) is 5.14. The molecule has 0 aliphatic heterocycles. The number of esters is 1. The lowest BCUT2D eigenvalue weighted by molar-refractivity contribution is -0.146. The molecule has 0 radical (unpaired) electrons. The molecule has 0 aliphatic carbocycles. The number of ether oxygens (including phenoxy) is 1. The van der Waals surface area contributed by atoms with Crippen molar-refractivity contribution in [2.24, 2.45) is 5.92 Å². The maximum Gasteiger partial charge on any atom is 0.317 e. The third-order valence-corrected chi connectivity index (χ3v) is 2.35. The number of rotatable bonds is 6. The van der Waals surface area contributed by atoms with Gasteiger partial charge in [-0.3, -0.25) is 9.59 Å². The van der Waals surface area contributed by atoms with Crippen LogP contribution in [0.25, 0.3) is 0 Å². The number of allylic oxidation sites excluding steroid dienone is 1. The van der Waals surface area contributed by atoms with E-state index >= 15 is 0 Å². The first kappa shape index (κ1) is 13.2. The summed E-state index contributed by atoms with van der Waals surface area (Å²) in [4.78, 5) is 23.8. The molecule has 0 aliphatic rings. The predicted octanol–water partition coefficient (Wildman–Crippen LogP) is 2.62. The monoisotopic (exact) mass is 232 g/mol. The molecule has 0 saturated heterocycles. The quantitative estimate of drug-likeness (QED) is 0.328. The van der Waals surface area contributed by atoms with Crippen molar-refractivity contribution in [3.8, 4) is 0 Å². The summed E-state index contributed by atoms with van der Waals surface area (Å²) in [7, 11) is 0. The lowest BCUT2D eigenvalue weighted by Crippen LogP contribution is -2.25. The molecule has 0 saturated carbocycles. The number of hydrogen-bond donors (Lipinski definition) is 0. The Bertz CT molecular complexity index is 395. The van der Waals surface area contributed by atoms with Crippen LogP contribution in [0, 0.1) is 5.92 Å². The third kappa shape index (κ3) is 3.55. The molecule has 3 heteroatoms. The van der Waals surface area contributed by atoms with Crippen molar-refractivity contribution in [3.05, 3.63) is 48.6 Å². The zero-order chi connectivity index (χ0) is 12.7. The van der Waals surface area contributed by atoms with Gasteiger partial charge in [0.05, 0.1) is 6.61 Å². The SMILES string of the molecule is C=CC[C@@H](C(=O)OCC)C(=O)c1ccccc1. The topological polar surface area (TPSA) is 43.4 Å². The summed E-state index contributed by atoms with van der Waals surface area (Å²) in [6.07, 6.45) is 1.86. The number of benzene rings is 1. The lowest BCUT2D eigenvalue weighted by atomic mass is 9.95. The number of Topliss-reactive ketones (excluding diaryl/α,β-unsaturated/α-hetero) is 1. The number of carbonyl (C=O) groups excluding carboxylic acids is 2. The maximum absolute atomic E-state index is 12.1. The van der Waals surface area contributed by atoms with Gasteiger partial charge < -0.3 is 4.74 Å². The van der Waals surface area contributed by atoms with Gasteiger partial charge in [-0.15, -0.1) is 6.58 Å². The predicted molar refractivity (Wildman–Crippen MR) is 65.7 cm³/mol. The molecule has 0 amide bonds. The normalized spacial score (nSPS) is 11.6. The van der Waals surface area contributed by atoms with E-state index in [2.05, 4.69) is 6.58 Å². The van der Waals surface area contributed by atoms with E-state index in [-0.39, 0.29) is 12.4 Å². The van der Waals surface area contributed by atoms with Gasteiger partial charge in [0.15, 0.2) is 5.78 Å². The Hall–Kier alpha value is -1.90. The number of carbonyl (C=O) groups is 2. The van der Waals surface area contributed by atoms with Gasteiger partial charge in [0.25, 0.3) is 0 Å². The third-order valence-electron chi connectivity index (χ3n) is 2.35. The van der Waals surface area contributed by atoms with Crippen LogP contribution in [0.4, 0.5) is 0 Å². The van der Waals surface area contributed by atoms with Crippen LogP contribution >= 0.6 is 0 Å². The van der Waals surface area contributed by atoms with Crippen molar-refractivity contribution in [2.45, 2.75) is 13.3 Å². The zero-order valence-electron chi connectivity index (χ0n) is 9.89. The summed E-state index contributed by atoms with van der Waals surface area (Å²) in [6.45, 7) is 5.55. The molecule has 0 fully saturated rings. The second-order valence-electron chi connectivity index (χ2n) is 3.56. The van der Waals surface area contributed by atoms with Gasteiger partial charge in [-0.25, -0.2) is 0 Å². The van der Waals surface area contributed by atoms with Crippen LogP contribution in [0.5, 0.6) is 0 Å². The highest BCUT2D eigenvalue weighted by molar-refractivity contribution is 6.08. The first-order valence-corrected chi connectivity index (χ1v) is 5.57. The van der Waals surface area contributed by atoms with Gasteiger partial charge in [-0.05, 0) is 13.3 Å². The molecule has 90 valence electrons. The molecule has 0 aromatic heterocycles. The fourth-order valence-electron chi connectivity index (χ4n) is 1.52. The van der Waals surface area contributed by atoms with E-state index in [0.717, 1.165) is 0 Å². The van der Waals surface area contributed by atoms with E-state index in [0.29, 0.717) is 12.0 Å². The Balaban J connectivity index is 2.87. The van der Waals surface area contributed by atoms with Crippen LogP contribution in [0.3, 0.4) is 0 Å². The van der Waals surface area contributed by atoms with Crippen LogP contribution in [-0.2, 0) is 9.53 Å². The second-order valence-corrected chi connectivity index (χ2v) is 3.56. The Morgan fingerprint density at radius 2 is 2.00 bits per heavy atom. The molecule has 1 rings (SSSR count). The summed E-state index contributed by atoms with van der Waals surface area (Å²) in [5.41, 5.74) is 0.521. The van der Waals surface area contributed by atoms with Gasteiger partial charge in [0, 0.05) is 5.56 Å². The molecular formula is C14H16O3. The zero-order valence-corrected chi connectivity index (χ0v) is 9.89. The van der Waals surface area contributed by atoms with Crippen LogP contribution in [0.2, 0.25) is 0 Å². The molecule has 1 aromatic rings. The van der Waals surface area contributed by atoms with E-state index in [1.807, 2.05) is 6.07 Å². The molecule has 1 aromatic carbocycles. The molecule has 3 nitrogen and oxygen atoms in total. The van der Waals surface area contributed by atoms with Crippen LogP contribution < -0.4 is 0 Å². The molecule has 0 N–H and O–H groups in total. The Morgan fingerprint density at radius 1 is 1.35 bits per heavy atom. The Labute approximate surface area is 101 Å². The second kappa shape index (κ2) is 6.63. The van der Waals surface area contributed by atoms with Crippen molar-refractivity contribution in [1.29, 1.82) is 0 Å². The molecular weight excluding hydrogens is 216 g/mol. The summed E-state index contributed by atoms with van der Waals surface area (Å²) >= 11 is 0. The first-order chi connectivity index (χ1) is 8.20. The standard InChI is InChI=1S/C14H16O3/c1-3-8-12(14(16)17-4-2)13(15)11-9-6-5-7-10-11/h3,5-7,9-10,12H,1,4,8H2,2H3/t12-/m1/s1. The highest BCUT2D eigenvalue weighted by atomic mass is 16.5. The van der Waals surface area contributed by atoms with Crippen molar-refractivity contribution >= 4 is 11.8 Å². The van der Waals surface area contributed by atoms with Gasteiger partial charge in [-0.1, -0.05) is 36.4 Å². The average molecular weight is 232 g/mol. The van der Waals surface area contributed by atoms with Crippen molar-refractivity contribution in [3.63, 3.8) is 0 Å². The van der Waals surface area contributed by atoms with E-state index < -0.39 is 11.9 Å². The minimum atomic E-state index is -0.783. The van der Waals surface area contributed by atoms with Crippen LogP contribution in [-0.4, -0.2) is 18.4 Å². The van der Waals surface area contributed by atoms with E-state index in [9.17, 15) is 9.59 Å². The number of ketones is 1. The minimum absolute atomic E-state index is 0.219. The van der Waals surface area contributed by atoms with Gasteiger partial charge >= 0.3 is 5.97 Å². The molecule has 0 spiro atoms. The summed E-state index contributed by atoms with van der Waals surface area (Å²) in [6, 6.07) is 8.74.